The van der Waals surface area contributed by atoms with E-state index in [1.54, 1.807) is 0 Å². The Balaban J connectivity index is 2.13. The van der Waals surface area contributed by atoms with Gasteiger partial charge in [0.25, 0.3) is 0 Å². The predicted molar refractivity (Wildman–Crippen MR) is 48.9 cm³/mol. The first-order valence-corrected chi connectivity index (χ1v) is 4.31. The second kappa shape index (κ2) is 4.10. The summed E-state index contributed by atoms with van der Waals surface area (Å²) in [5.74, 6) is 0. The number of hydrogen-bond donors (Lipinski definition) is 1. The zero-order valence-electron chi connectivity index (χ0n) is 6.94. The highest BCUT2D eigenvalue weighted by atomic mass is 35.5. The molecule has 0 bridgehead atoms. The summed E-state index contributed by atoms with van der Waals surface area (Å²) in [6, 6.07) is 0.607. The van der Waals surface area contributed by atoms with Crippen molar-refractivity contribution < 1.29 is 0 Å². The van der Waals surface area contributed by atoms with E-state index in [0.29, 0.717) is 11.1 Å². The van der Waals surface area contributed by atoms with Gasteiger partial charge in [0, 0.05) is 24.2 Å². The molecule has 2 nitrogen and oxygen atoms in total. The Morgan fingerprint density at radius 3 is 3.00 bits per heavy atom. The SMILES string of the molecule is C=C(Cl)CNC1CCN(C)C1. The monoisotopic (exact) mass is 174 g/mol. The molecule has 1 rings (SSSR count). The van der Waals surface area contributed by atoms with Gasteiger partial charge in [0.05, 0.1) is 0 Å². The highest BCUT2D eigenvalue weighted by molar-refractivity contribution is 6.29. The number of hydrogen-bond acceptors (Lipinski definition) is 2. The molecule has 64 valence electrons. The second-order valence-electron chi connectivity index (χ2n) is 3.15. The average molecular weight is 175 g/mol. The topological polar surface area (TPSA) is 15.3 Å². The van der Waals surface area contributed by atoms with Gasteiger partial charge in [0.15, 0.2) is 0 Å². The van der Waals surface area contributed by atoms with Crippen LogP contribution in [0.5, 0.6) is 0 Å². The lowest BCUT2D eigenvalue weighted by atomic mass is 10.2. The maximum atomic E-state index is 5.62. The van der Waals surface area contributed by atoms with Gasteiger partial charge in [-0.15, -0.1) is 0 Å². The predicted octanol–water partition coefficient (Wildman–Crippen LogP) is 1.03. The molecule has 0 aromatic heterocycles. The van der Waals surface area contributed by atoms with Crippen molar-refractivity contribution in [2.45, 2.75) is 12.5 Å². The van der Waals surface area contributed by atoms with E-state index in [0.717, 1.165) is 13.1 Å². The van der Waals surface area contributed by atoms with E-state index in [1.165, 1.54) is 13.0 Å². The van der Waals surface area contributed by atoms with E-state index in [1.807, 2.05) is 0 Å². The largest absolute Gasteiger partial charge is 0.308 e. The molecule has 0 saturated carbocycles. The van der Waals surface area contributed by atoms with Crippen molar-refractivity contribution in [2.24, 2.45) is 0 Å². The van der Waals surface area contributed by atoms with Gasteiger partial charge >= 0.3 is 0 Å². The number of rotatable bonds is 3. The Labute approximate surface area is 73.2 Å². The third-order valence-electron chi connectivity index (χ3n) is 1.97. The Morgan fingerprint density at radius 2 is 2.55 bits per heavy atom. The van der Waals surface area contributed by atoms with Gasteiger partial charge in [-0.2, -0.15) is 0 Å². The van der Waals surface area contributed by atoms with Gasteiger partial charge in [0.1, 0.15) is 0 Å². The zero-order chi connectivity index (χ0) is 8.27. The molecule has 1 heterocycles. The summed E-state index contributed by atoms with van der Waals surface area (Å²) in [6.07, 6.45) is 1.22. The Bertz CT molecular complexity index is 147. The molecule has 1 aliphatic heterocycles. The van der Waals surface area contributed by atoms with Crippen LogP contribution in [0.25, 0.3) is 0 Å². The summed E-state index contributed by atoms with van der Waals surface area (Å²) in [5.41, 5.74) is 0. The Kier molecular flexibility index (Phi) is 3.37. The number of likely N-dealkylation sites (N-methyl/N-ethyl adjacent to an activating group) is 1. The van der Waals surface area contributed by atoms with Gasteiger partial charge in [0.2, 0.25) is 0 Å². The summed E-state index contributed by atoms with van der Waals surface area (Å²) < 4.78 is 0. The van der Waals surface area contributed by atoms with Crippen molar-refractivity contribution in [3.8, 4) is 0 Å². The van der Waals surface area contributed by atoms with Crippen molar-refractivity contribution >= 4 is 11.6 Å². The van der Waals surface area contributed by atoms with Crippen LogP contribution in [0.3, 0.4) is 0 Å². The van der Waals surface area contributed by atoms with Gasteiger partial charge in [-0.1, -0.05) is 18.2 Å². The maximum Gasteiger partial charge on any atom is 0.0310 e. The fraction of sp³-hybridized carbons (Fsp3) is 0.750. The lowest BCUT2D eigenvalue weighted by Crippen LogP contribution is -2.32. The number of likely N-dealkylation sites (tertiary alicyclic amines) is 1. The molecule has 1 fully saturated rings. The Hall–Kier alpha value is -0.0500. The lowest BCUT2D eigenvalue weighted by molar-refractivity contribution is 0.401. The molecule has 0 aliphatic carbocycles. The van der Waals surface area contributed by atoms with Crippen LogP contribution < -0.4 is 5.32 Å². The van der Waals surface area contributed by atoms with Crippen molar-refractivity contribution in [3.05, 3.63) is 11.6 Å². The molecular weight excluding hydrogens is 160 g/mol. The first-order valence-electron chi connectivity index (χ1n) is 3.93. The number of nitrogens with zero attached hydrogens (tertiary/aromatic N) is 1. The molecule has 1 saturated heterocycles. The first kappa shape index (κ1) is 9.04. The van der Waals surface area contributed by atoms with Crippen LogP contribution in [0, 0.1) is 0 Å². The van der Waals surface area contributed by atoms with E-state index in [2.05, 4.69) is 23.8 Å². The van der Waals surface area contributed by atoms with Crippen molar-refractivity contribution in [1.29, 1.82) is 0 Å². The van der Waals surface area contributed by atoms with E-state index < -0.39 is 0 Å². The molecule has 0 aromatic rings. The van der Waals surface area contributed by atoms with Crippen LogP contribution in [-0.4, -0.2) is 37.6 Å². The molecule has 0 spiro atoms. The molecule has 1 unspecified atom stereocenters. The number of nitrogens with one attached hydrogen (secondary N) is 1. The average Bonchev–Trinajstić information content (AvgIpc) is 2.31. The molecule has 3 heteroatoms. The highest BCUT2D eigenvalue weighted by Crippen LogP contribution is 2.06. The zero-order valence-corrected chi connectivity index (χ0v) is 7.69. The quantitative estimate of drug-likeness (QED) is 0.688. The standard InChI is InChI=1S/C8H15ClN2/c1-7(9)5-10-8-3-4-11(2)6-8/h8,10H,1,3-6H2,2H3. The molecule has 1 atom stereocenters. The minimum Gasteiger partial charge on any atom is -0.308 e. The normalized spacial score (nSPS) is 25.8. The van der Waals surface area contributed by atoms with Crippen LogP contribution in [0.2, 0.25) is 0 Å². The fourth-order valence-electron chi connectivity index (χ4n) is 1.36. The van der Waals surface area contributed by atoms with Crippen molar-refractivity contribution in [3.63, 3.8) is 0 Å². The van der Waals surface area contributed by atoms with E-state index >= 15 is 0 Å². The maximum absolute atomic E-state index is 5.62. The van der Waals surface area contributed by atoms with Gasteiger partial charge in [-0.25, -0.2) is 0 Å². The molecule has 1 aliphatic rings. The molecule has 0 amide bonds. The summed E-state index contributed by atoms with van der Waals surface area (Å²) in [6.45, 7) is 6.68. The molecule has 0 radical (unpaired) electrons. The van der Waals surface area contributed by atoms with Crippen molar-refractivity contribution in [2.75, 3.05) is 26.7 Å². The third-order valence-corrected chi connectivity index (χ3v) is 2.11. The molecule has 0 aromatic carbocycles. The van der Waals surface area contributed by atoms with Gasteiger partial charge < -0.3 is 10.2 Å². The number of halogens is 1. The minimum absolute atomic E-state index is 0.607. The second-order valence-corrected chi connectivity index (χ2v) is 3.68. The van der Waals surface area contributed by atoms with Crippen molar-refractivity contribution in [1.82, 2.24) is 10.2 Å². The smallest absolute Gasteiger partial charge is 0.0310 e. The van der Waals surface area contributed by atoms with E-state index in [9.17, 15) is 0 Å². The van der Waals surface area contributed by atoms with Gasteiger partial charge in [-0.05, 0) is 20.0 Å². The summed E-state index contributed by atoms with van der Waals surface area (Å²) in [7, 11) is 2.14. The summed E-state index contributed by atoms with van der Waals surface area (Å²) >= 11 is 5.62. The van der Waals surface area contributed by atoms with E-state index in [4.69, 9.17) is 11.6 Å². The summed E-state index contributed by atoms with van der Waals surface area (Å²) in [4.78, 5) is 2.31. The Morgan fingerprint density at radius 1 is 1.82 bits per heavy atom. The van der Waals surface area contributed by atoms with Crippen LogP contribution in [-0.2, 0) is 0 Å². The van der Waals surface area contributed by atoms with Crippen LogP contribution in [0.4, 0.5) is 0 Å². The molecular formula is C8H15ClN2. The molecule has 11 heavy (non-hydrogen) atoms. The van der Waals surface area contributed by atoms with Gasteiger partial charge in [-0.3, -0.25) is 0 Å². The third kappa shape index (κ3) is 3.23. The van der Waals surface area contributed by atoms with E-state index in [-0.39, 0.29) is 0 Å². The van der Waals surface area contributed by atoms with Crippen LogP contribution in [0.1, 0.15) is 6.42 Å². The fourth-order valence-corrected chi connectivity index (χ4v) is 1.43. The molecule has 1 N–H and O–H groups in total. The minimum atomic E-state index is 0.607. The highest BCUT2D eigenvalue weighted by Gasteiger charge is 2.17. The first-order chi connectivity index (χ1) is 5.18. The lowest BCUT2D eigenvalue weighted by Gasteiger charge is -2.11. The summed E-state index contributed by atoms with van der Waals surface area (Å²) in [5, 5.41) is 4.03. The van der Waals surface area contributed by atoms with Crippen LogP contribution in [0.15, 0.2) is 11.6 Å². The van der Waals surface area contributed by atoms with Crippen LogP contribution >= 0.6 is 11.6 Å².